The lowest BCUT2D eigenvalue weighted by Crippen LogP contribution is -2.33. The third-order valence-electron chi connectivity index (χ3n) is 3.65. The van der Waals surface area contributed by atoms with Crippen LogP contribution in [0.3, 0.4) is 0 Å². The number of nitrogens with one attached hydrogen (secondary N) is 1. The van der Waals surface area contributed by atoms with E-state index in [0.717, 1.165) is 4.90 Å². The van der Waals surface area contributed by atoms with Crippen LogP contribution in [0.5, 0.6) is 0 Å². The quantitative estimate of drug-likeness (QED) is 0.801. The fourth-order valence-electron chi connectivity index (χ4n) is 2.17. The molecule has 3 heteroatoms. The Morgan fingerprint density at radius 1 is 1.05 bits per heavy atom. The predicted octanol–water partition coefficient (Wildman–Crippen LogP) is 4.40. The van der Waals surface area contributed by atoms with E-state index in [1.807, 2.05) is 25.1 Å². The van der Waals surface area contributed by atoms with Gasteiger partial charge in [0.25, 0.3) is 0 Å². The third-order valence-corrected chi connectivity index (χ3v) is 4.77. The van der Waals surface area contributed by atoms with E-state index in [2.05, 4.69) is 55.6 Å². The maximum absolute atomic E-state index is 12.2. The molecule has 0 fully saturated rings. The van der Waals surface area contributed by atoms with Gasteiger partial charge >= 0.3 is 0 Å². The molecule has 0 spiro atoms. The predicted molar refractivity (Wildman–Crippen MR) is 94.4 cm³/mol. The van der Waals surface area contributed by atoms with Gasteiger partial charge in [-0.25, -0.2) is 0 Å². The molecule has 2 rings (SSSR count). The molecule has 0 aliphatic rings. The topological polar surface area (TPSA) is 29.1 Å². The van der Waals surface area contributed by atoms with Crippen molar-refractivity contribution in [1.82, 2.24) is 5.32 Å². The summed E-state index contributed by atoms with van der Waals surface area (Å²) in [5.41, 5.74) is 2.49. The van der Waals surface area contributed by atoms with Gasteiger partial charge in [0, 0.05) is 11.4 Å². The first-order chi connectivity index (χ1) is 10.6. The van der Waals surface area contributed by atoms with E-state index in [1.165, 1.54) is 11.1 Å². The molecule has 0 saturated carbocycles. The summed E-state index contributed by atoms with van der Waals surface area (Å²) in [6.45, 7) is 6.82. The zero-order chi connectivity index (χ0) is 15.9. The first-order valence-electron chi connectivity index (χ1n) is 7.62. The summed E-state index contributed by atoms with van der Waals surface area (Å²) in [6, 6.07) is 18.5. The maximum Gasteiger partial charge on any atom is 0.233 e. The minimum Gasteiger partial charge on any atom is -0.355 e. The fourth-order valence-corrected chi connectivity index (χ4v) is 3.06. The Balaban J connectivity index is 1.82. The second kappa shape index (κ2) is 8.04. The van der Waals surface area contributed by atoms with E-state index in [1.54, 1.807) is 11.8 Å². The molecule has 116 valence electrons. The number of carbonyl (C=O) groups is 1. The summed E-state index contributed by atoms with van der Waals surface area (Å²) in [6.07, 6.45) is 0. The molecule has 2 nitrogen and oxygen atoms in total. The number of thioether (sulfide) groups is 1. The van der Waals surface area contributed by atoms with Crippen molar-refractivity contribution in [2.45, 2.75) is 36.8 Å². The Hall–Kier alpha value is -1.74. The molecule has 0 unspecified atom stereocenters. The first kappa shape index (κ1) is 16.6. The van der Waals surface area contributed by atoms with E-state index >= 15 is 0 Å². The number of hydrogen-bond donors (Lipinski definition) is 1. The smallest absolute Gasteiger partial charge is 0.233 e. The van der Waals surface area contributed by atoms with Crippen LogP contribution in [0.25, 0.3) is 0 Å². The molecule has 2 aromatic rings. The lowest BCUT2D eigenvalue weighted by molar-refractivity contribution is -0.120. The molecule has 1 N–H and O–H groups in total. The van der Waals surface area contributed by atoms with E-state index in [-0.39, 0.29) is 11.2 Å². The first-order valence-corrected chi connectivity index (χ1v) is 8.50. The minimum atomic E-state index is -0.0920. The fraction of sp³-hybridized carbons (Fsp3) is 0.316. The summed E-state index contributed by atoms with van der Waals surface area (Å²) in [7, 11) is 0. The molecule has 0 bridgehead atoms. The molecule has 2 aromatic carbocycles. The van der Waals surface area contributed by atoms with Gasteiger partial charge < -0.3 is 5.32 Å². The largest absolute Gasteiger partial charge is 0.355 e. The summed E-state index contributed by atoms with van der Waals surface area (Å²) in [5, 5.41) is 2.96. The van der Waals surface area contributed by atoms with Gasteiger partial charge in [0.05, 0.1) is 5.25 Å². The molecule has 1 amide bonds. The Morgan fingerprint density at radius 3 is 2.32 bits per heavy atom. The molecule has 22 heavy (non-hydrogen) atoms. The van der Waals surface area contributed by atoms with Crippen LogP contribution < -0.4 is 5.32 Å². The standard InChI is InChI=1S/C19H23NOS/c1-14-9-11-18(12-10-14)22-16(3)19(21)20-13-15(2)17-7-5-4-6-8-17/h4-12,15-16H,13H2,1-3H3,(H,20,21)/t15-,16+/m1/s1. The highest BCUT2D eigenvalue weighted by atomic mass is 32.2. The highest BCUT2D eigenvalue weighted by Gasteiger charge is 2.15. The Morgan fingerprint density at radius 2 is 1.68 bits per heavy atom. The van der Waals surface area contributed by atoms with Crippen molar-refractivity contribution in [2.75, 3.05) is 6.54 Å². The van der Waals surface area contributed by atoms with Crippen LogP contribution in [0.1, 0.15) is 30.9 Å². The van der Waals surface area contributed by atoms with Gasteiger partial charge in [-0.3, -0.25) is 4.79 Å². The van der Waals surface area contributed by atoms with Gasteiger partial charge in [-0.15, -0.1) is 11.8 Å². The zero-order valence-electron chi connectivity index (χ0n) is 13.4. The normalized spacial score (nSPS) is 13.4. The molecule has 0 radical (unpaired) electrons. The molecule has 0 aliphatic heterocycles. The highest BCUT2D eigenvalue weighted by molar-refractivity contribution is 8.00. The van der Waals surface area contributed by atoms with E-state index in [9.17, 15) is 4.79 Å². The van der Waals surface area contributed by atoms with Gasteiger partial charge in [0.2, 0.25) is 5.91 Å². The molecular weight excluding hydrogens is 290 g/mol. The van der Waals surface area contributed by atoms with Gasteiger partial charge in [0.15, 0.2) is 0 Å². The Bertz CT molecular complexity index is 595. The zero-order valence-corrected chi connectivity index (χ0v) is 14.2. The molecule has 0 aromatic heterocycles. The highest BCUT2D eigenvalue weighted by Crippen LogP contribution is 2.23. The van der Waals surface area contributed by atoms with Crippen molar-refractivity contribution in [3.63, 3.8) is 0 Å². The van der Waals surface area contributed by atoms with Gasteiger partial charge in [-0.1, -0.05) is 55.0 Å². The van der Waals surface area contributed by atoms with E-state index < -0.39 is 0 Å². The second-order valence-electron chi connectivity index (χ2n) is 5.63. The number of amides is 1. The van der Waals surface area contributed by atoms with Crippen LogP contribution in [0, 0.1) is 6.92 Å². The van der Waals surface area contributed by atoms with Crippen molar-refractivity contribution >= 4 is 17.7 Å². The number of hydrogen-bond acceptors (Lipinski definition) is 2. The van der Waals surface area contributed by atoms with Crippen LogP contribution in [0.2, 0.25) is 0 Å². The average molecular weight is 313 g/mol. The van der Waals surface area contributed by atoms with Crippen molar-refractivity contribution in [2.24, 2.45) is 0 Å². The third kappa shape index (κ3) is 4.92. The second-order valence-corrected chi connectivity index (χ2v) is 7.04. The van der Waals surface area contributed by atoms with Crippen molar-refractivity contribution in [3.8, 4) is 0 Å². The molecular formula is C19H23NOS. The number of rotatable bonds is 6. The average Bonchev–Trinajstić information content (AvgIpc) is 2.55. The summed E-state index contributed by atoms with van der Waals surface area (Å²) >= 11 is 1.60. The van der Waals surface area contributed by atoms with Crippen molar-refractivity contribution in [1.29, 1.82) is 0 Å². The van der Waals surface area contributed by atoms with Crippen LogP contribution in [-0.2, 0) is 4.79 Å². The number of benzene rings is 2. The number of aryl methyl sites for hydroxylation is 1. The lowest BCUT2D eigenvalue weighted by Gasteiger charge is -2.16. The maximum atomic E-state index is 12.2. The molecule has 0 aliphatic carbocycles. The minimum absolute atomic E-state index is 0.0911. The van der Waals surface area contributed by atoms with Gasteiger partial charge in [-0.2, -0.15) is 0 Å². The molecule has 2 atom stereocenters. The van der Waals surface area contributed by atoms with Crippen LogP contribution in [-0.4, -0.2) is 17.7 Å². The summed E-state index contributed by atoms with van der Waals surface area (Å²) in [5.74, 6) is 0.412. The monoisotopic (exact) mass is 313 g/mol. The Kier molecular flexibility index (Phi) is 6.08. The van der Waals surface area contributed by atoms with Crippen LogP contribution >= 0.6 is 11.8 Å². The lowest BCUT2D eigenvalue weighted by atomic mass is 10.0. The van der Waals surface area contributed by atoms with E-state index in [0.29, 0.717) is 12.5 Å². The van der Waals surface area contributed by atoms with E-state index in [4.69, 9.17) is 0 Å². The van der Waals surface area contributed by atoms with Gasteiger partial charge in [0.1, 0.15) is 0 Å². The number of carbonyl (C=O) groups excluding carboxylic acids is 1. The molecule has 0 heterocycles. The summed E-state index contributed by atoms with van der Waals surface area (Å²) in [4.78, 5) is 13.3. The van der Waals surface area contributed by atoms with Crippen LogP contribution in [0.15, 0.2) is 59.5 Å². The SMILES string of the molecule is Cc1ccc(S[C@@H](C)C(=O)NC[C@@H](C)c2ccccc2)cc1. The molecule has 0 saturated heterocycles. The summed E-state index contributed by atoms with van der Waals surface area (Å²) < 4.78 is 0. The van der Waals surface area contributed by atoms with Crippen LogP contribution in [0.4, 0.5) is 0 Å². The van der Waals surface area contributed by atoms with Crippen molar-refractivity contribution in [3.05, 3.63) is 65.7 Å². The Labute approximate surface area is 137 Å². The van der Waals surface area contributed by atoms with Gasteiger partial charge in [-0.05, 0) is 37.5 Å². The van der Waals surface area contributed by atoms with Crippen molar-refractivity contribution < 1.29 is 4.79 Å².